The number of ether oxygens (including phenoxy) is 2. The zero-order valence-corrected chi connectivity index (χ0v) is 10.3. The van der Waals surface area contributed by atoms with Gasteiger partial charge in [-0.25, -0.2) is 4.99 Å². The van der Waals surface area contributed by atoms with Crippen LogP contribution in [-0.2, 0) is 6.54 Å². The molecule has 0 saturated heterocycles. The van der Waals surface area contributed by atoms with Crippen LogP contribution in [0, 0.1) is 0 Å². The molecule has 82 valence electrons. The standard InChI is InChI=1S/C9H11N3O2.HI/c10-9(11)12-4-6-1-2-7-8(3-6)14-5-13-7;/h1-3H,4-5H2,(H4,10,11,12);1H. The first-order valence-electron chi connectivity index (χ1n) is 4.19. The van der Waals surface area contributed by atoms with Crippen molar-refractivity contribution in [2.24, 2.45) is 16.5 Å². The van der Waals surface area contributed by atoms with E-state index in [2.05, 4.69) is 4.99 Å². The van der Waals surface area contributed by atoms with Gasteiger partial charge in [-0.1, -0.05) is 6.07 Å². The maximum atomic E-state index is 5.22. The number of halogens is 1. The first-order valence-corrected chi connectivity index (χ1v) is 4.19. The topological polar surface area (TPSA) is 82.9 Å². The van der Waals surface area contributed by atoms with Crippen LogP contribution in [0.3, 0.4) is 0 Å². The van der Waals surface area contributed by atoms with Gasteiger partial charge in [0, 0.05) is 0 Å². The van der Waals surface area contributed by atoms with Gasteiger partial charge in [-0.05, 0) is 17.7 Å². The lowest BCUT2D eigenvalue weighted by molar-refractivity contribution is 0.174. The van der Waals surface area contributed by atoms with E-state index in [-0.39, 0.29) is 36.7 Å². The molecule has 4 N–H and O–H groups in total. The lowest BCUT2D eigenvalue weighted by Gasteiger charge is -1.99. The van der Waals surface area contributed by atoms with Crippen LogP contribution < -0.4 is 20.9 Å². The van der Waals surface area contributed by atoms with Crippen LogP contribution in [0.25, 0.3) is 0 Å². The second kappa shape index (κ2) is 5.06. The van der Waals surface area contributed by atoms with Crippen LogP contribution in [0.1, 0.15) is 5.56 Å². The second-order valence-electron chi connectivity index (χ2n) is 2.93. The number of rotatable bonds is 2. The van der Waals surface area contributed by atoms with Crippen molar-refractivity contribution in [3.05, 3.63) is 23.8 Å². The van der Waals surface area contributed by atoms with Crippen LogP contribution >= 0.6 is 24.0 Å². The molecule has 1 aliphatic heterocycles. The van der Waals surface area contributed by atoms with Gasteiger partial charge in [-0.2, -0.15) is 0 Å². The molecule has 0 fully saturated rings. The van der Waals surface area contributed by atoms with Crippen molar-refractivity contribution < 1.29 is 9.47 Å². The van der Waals surface area contributed by atoms with E-state index < -0.39 is 0 Å². The van der Waals surface area contributed by atoms with Gasteiger partial charge < -0.3 is 20.9 Å². The van der Waals surface area contributed by atoms with E-state index in [1.807, 2.05) is 18.2 Å². The van der Waals surface area contributed by atoms with Crippen molar-refractivity contribution in [2.45, 2.75) is 6.54 Å². The van der Waals surface area contributed by atoms with E-state index >= 15 is 0 Å². The SMILES string of the molecule is I.NC(N)=NCc1ccc2c(c1)OCO2. The van der Waals surface area contributed by atoms with Crippen LogP contribution in [0.15, 0.2) is 23.2 Å². The summed E-state index contributed by atoms with van der Waals surface area (Å²) in [5.41, 5.74) is 11.4. The zero-order valence-electron chi connectivity index (χ0n) is 7.97. The first-order chi connectivity index (χ1) is 6.75. The summed E-state index contributed by atoms with van der Waals surface area (Å²) in [7, 11) is 0. The van der Waals surface area contributed by atoms with Gasteiger partial charge in [0.1, 0.15) is 0 Å². The summed E-state index contributed by atoms with van der Waals surface area (Å²) in [6, 6.07) is 5.62. The Labute approximate surface area is 104 Å². The van der Waals surface area contributed by atoms with E-state index in [1.165, 1.54) is 0 Å². The van der Waals surface area contributed by atoms with Crippen molar-refractivity contribution in [3.8, 4) is 11.5 Å². The summed E-state index contributed by atoms with van der Waals surface area (Å²) < 4.78 is 10.4. The number of guanidine groups is 1. The van der Waals surface area contributed by atoms with Gasteiger partial charge in [0.2, 0.25) is 6.79 Å². The molecule has 0 unspecified atom stereocenters. The molecule has 0 radical (unpaired) electrons. The van der Waals surface area contributed by atoms with E-state index in [1.54, 1.807) is 0 Å². The number of aliphatic imine (C=N–C) groups is 1. The third-order valence-corrected chi connectivity index (χ3v) is 1.88. The maximum Gasteiger partial charge on any atom is 0.231 e. The fourth-order valence-corrected chi connectivity index (χ4v) is 1.22. The van der Waals surface area contributed by atoms with Crippen molar-refractivity contribution in [1.82, 2.24) is 0 Å². The summed E-state index contributed by atoms with van der Waals surface area (Å²) in [4.78, 5) is 3.90. The van der Waals surface area contributed by atoms with Gasteiger partial charge >= 0.3 is 0 Å². The molecule has 1 heterocycles. The van der Waals surface area contributed by atoms with Gasteiger partial charge in [0.15, 0.2) is 17.5 Å². The van der Waals surface area contributed by atoms with Crippen molar-refractivity contribution in [3.63, 3.8) is 0 Å². The third kappa shape index (κ3) is 2.88. The number of hydrogen-bond donors (Lipinski definition) is 2. The normalized spacial score (nSPS) is 11.7. The van der Waals surface area contributed by atoms with Crippen LogP contribution in [0.5, 0.6) is 11.5 Å². The maximum absolute atomic E-state index is 5.22. The summed E-state index contributed by atoms with van der Waals surface area (Å²) in [6.07, 6.45) is 0. The van der Waals surface area contributed by atoms with Crippen LogP contribution in [0.2, 0.25) is 0 Å². The average Bonchev–Trinajstić information content (AvgIpc) is 2.61. The van der Waals surface area contributed by atoms with Gasteiger partial charge in [-0.15, -0.1) is 24.0 Å². The number of benzene rings is 1. The molecule has 1 aromatic rings. The number of fused-ring (bicyclic) bond motifs is 1. The van der Waals surface area contributed by atoms with Crippen molar-refractivity contribution in [1.29, 1.82) is 0 Å². The highest BCUT2D eigenvalue weighted by molar-refractivity contribution is 14.0. The lowest BCUT2D eigenvalue weighted by Crippen LogP contribution is -2.22. The minimum atomic E-state index is 0. The summed E-state index contributed by atoms with van der Waals surface area (Å²) >= 11 is 0. The molecular weight excluding hydrogens is 309 g/mol. The Hall–Kier alpha value is -1.18. The molecular formula is C9H12IN3O2. The Morgan fingerprint density at radius 3 is 2.73 bits per heavy atom. The van der Waals surface area contributed by atoms with Crippen molar-refractivity contribution >= 4 is 29.9 Å². The minimum absolute atomic E-state index is 0. The predicted octanol–water partition coefficient (Wildman–Crippen LogP) is 0.807. The average molecular weight is 321 g/mol. The smallest absolute Gasteiger partial charge is 0.231 e. The zero-order chi connectivity index (χ0) is 9.97. The Balaban J connectivity index is 0.00000112. The molecule has 0 saturated carbocycles. The molecule has 0 aliphatic carbocycles. The van der Waals surface area contributed by atoms with Crippen molar-refractivity contribution in [2.75, 3.05) is 6.79 Å². The molecule has 0 atom stereocenters. The summed E-state index contributed by atoms with van der Waals surface area (Å²) in [6.45, 7) is 0.736. The molecule has 1 aromatic carbocycles. The molecule has 0 bridgehead atoms. The quantitative estimate of drug-likeness (QED) is 0.480. The molecule has 5 nitrogen and oxygen atoms in total. The Bertz CT molecular complexity index is 378. The molecule has 0 aromatic heterocycles. The molecule has 0 amide bonds. The molecule has 2 rings (SSSR count). The van der Waals surface area contributed by atoms with Gasteiger partial charge in [-0.3, -0.25) is 0 Å². The lowest BCUT2D eigenvalue weighted by atomic mass is 10.2. The highest BCUT2D eigenvalue weighted by Crippen LogP contribution is 2.32. The largest absolute Gasteiger partial charge is 0.454 e. The molecule has 1 aliphatic rings. The van der Waals surface area contributed by atoms with E-state index in [0.717, 1.165) is 17.1 Å². The van der Waals surface area contributed by atoms with Gasteiger partial charge in [0.05, 0.1) is 6.54 Å². The van der Waals surface area contributed by atoms with Gasteiger partial charge in [0.25, 0.3) is 0 Å². The third-order valence-electron chi connectivity index (χ3n) is 1.88. The Morgan fingerprint density at radius 2 is 2.00 bits per heavy atom. The minimum Gasteiger partial charge on any atom is -0.454 e. The van der Waals surface area contributed by atoms with E-state index in [4.69, 9.17) is 20.9 Å². The van der Waals surface area contributed by atoms with Crippen LogP contribution in [0.4, 0.5) is 0 Å². The summed E-state index contributed by atoms with van der Waals surface area (Å²) in [5, 5.41) is 0. The number of nitrogens with two attached hydrogens (primary N) is 2. The van der Waals surface area contributed by atoms with Crippen LogP contribution in [-0.4, -0.2) is 12.8 Å². The Morgan fingerprint density at radius 1 is 1.27 bits per heavy atom. The number of nitrogens with zero attached hydrogens (tertiary/aromatic N) is 1. The fourth-order valence-electron chi connectivity index (χ4n) is 1.22. The summed E-state index contributed by atoms with van der Waals surface area (Å²) in [5.74, 6) is 1.59. The fraction of sp³-hybridized carbons (Fsp3) is 0.222. The highest BCUT2D eigenvalue weighted by atomic mass is 127. The van der Waals surface area contributed by atoms with E-state index in [9.17, 15) is 0 Å². The van der Waals surface area contributed by atoms with E-state index in [0.29, 0.717) is 6.54 Å². The molecule has 0 spiro atoms. The number of hydrogen-bond acceptors (Lipinski definition) is 3. The highest BCUT2D eigenvalue weighted by Gasteiger charge is 2.12. The Kier molecular flexibility index (Phi) is 4.01. The second-order valence-corrected chi connectivity index (χ2v) is 2.93. The first kappa shape index (κ1) is 11.9. The monoisotopic (exact) mass is 321 g/mol. The predicted molar refractivity (Wildman–Crippen MR) is 67.5 cm³/mol. The molecule has 15 heavy (non-hydrogen) atoms. The molecule has 6 heteroatoms.